The number of rotatable bonds is 7. The maximum Gasteiger partial charge on any atom is 0.287 e. The van der Waals surface area contributed by atoms with Gasteiger partial charge < -0.3 is 11.1 Å². The molecule has 9 heteroatoms. The summed E-state index contributed by atoms with van der Waals surface area (Å²) in [5.41, 5.74) is 6.77. The van der Waals surface area contributed by atoms with Crippen LogP contribution >= 0.6 is 23.1 Å². The van der Waals surface area contributed by atoms with Crippen LogP contribution in [0, 0.1) is 0 Å². The first kappa shape index (κ1) is 19.7. The second-order valence-electron chi connectivity index (χ2n) is 5.84. The van der Waals surface area contributed by atoms with Crippen molar-refractivity contribution in [1.29, 1.82) is 0 Å². The van der Waals surface area contributed by atoms with Gasteiger partial charge in [-0.3, -0.25) is 19.4 Å². The topological polar surface area (TPSA) is 115 Å². The number of Topliss-reactive ketones (excluding diaryl/α,β-unsaturated/α-hetero) is 1. The molecule has 1 aromatic carbocycles. The average Bonchev–Trinajstić information content (AvgIpc) is 3.09. The van der Waals surface area contributed by atoms with E-state index < -0.39 is 23.6 Å². The van der Waals surface area contributed by atoms with E-state index in [0.29, 0.717) is 11.3 Å². The van der Waals surface area contributed by atoms with Crippen LogP contribution in [0.4, 0.5) is 0 Å². The zero-order valence-corrected chi connectivity index (χ0v) is 16.0. The maximum atomic E-state index is 12.8. The van der Waals surface area contributed by atoms with Crippen LogP contribution in [0.25, 0.3) is 11.3 Å². The molecule has 2 heterocycles. The highest BCUT2D eigenvalue weighted by molar-refractivity contribution is 7.09. The molecule has 0 bridgehead atoms. The number of primary amides is 1. The lowest BCUT2D eigenvalue weighted by Crippen LogP contribution is -2.47. The van der Waals surface area contributed by atoms with Crippen molar-refractivity contribution in [2.75, 3.05) is 0 Å². The van der Waals surface area contributed by atoms with E-state index in [1.54, 1.807) is 48.7 Å². The Labute approximate surface area is 169 Å². The molecule has 0 saturated heterocycles. The van der Waals surface area contributed by atoms with E-state index in [2.05, 4.69) is 14.7 Å². The standard InChI is InChI=1S/C19H15ClN4O3S/c20-17-14(12-8-4-5-9-22-12)16(28-24-17)19(27)23-13(15(25)18(21)26)10-11-6-2-1-3-7-11/h1-9,13H,10H2,(H2,21,26)(H,23,27). The van der Waals surface area contributed by atoms with Crippen LogP contribution in [0.3, 0.4) is 0 Å². The largest absolute Gasteiger partial charge is 0.363 e. The Morgan fingerprint density at radius 3 is 2.46 bits per heavy atom. The minimum absolute atomic E-state index is 0.125. The predicted molar refractivity (Wildman–Crippen MR) is 106 cm³/mol. The molecule has 2 aromatic heterocycles. The van der Waals surface area contributed by atoms with E-state index in [1.807, 2.05) is 6.07 Å². The van der Waals surface area contributed by atoms with E-state index in [1.165, 1.54) is 0 Å². The Morgan fingerprint density at radius 1 is 1.11 bits per heavy atom. The molecule has 1 unspecified atom stereocenters. The van der Waals surface area contributed by atoms with Crippen molar-refractivity contribution >= 4 is 40.7 Å². The number of benzene rings is 1. The Hall–Kier alpha value is -3.10. The van der Waals surface area contributed by atoms with Crippen molar-refractivity contribution in [1.82, 2.24) is 14.7 Å². The molecule has 0 saturated carbocycles. The van der Waals surface area contributed by atoms with Crippen molar-refractivity contribution < 1.29 is 14.4 Å². The monoisotopic (exact) mass is 414 g/mol. The van der Waals surface area contributed by atoms with Crippen LogP contribution in [0.5, 0.6) is 0 Å². The quantitative estimate of drug-likeness (QED) is 0.575. The van der Waals surface area contributed by atoms with Crippen molar-refractivity contribution in [2.45, 2.75) is 12.5 Å². The van der Waals surface area contributed by atoms with E-state index in [0.717, 1.165) is 17.1 Å². The molecule has 3 rings (SSSR count). The molecule has 0 radical (unpaired) electrons. The average molecular weight is 415 g/mol. The highest BCUT2D eigenvalue weighted by Gasteiger charge is 2.28. The van der Waals surface area contributed by atoms with Crippen molar-refractivity contribution in [3.8, 4) is 11.3 Å². The number of hydrogen-bond donors (Lipinski definition) is 2. The van der Waals surface area contributed by atoms with E-state index >= 15 is 0 Å². The summed E-state index contributed by atoms with van der Waals surface area (Å²) >= 11 is 7.03. The number of carbonyl (C=O) groups excluding carboxylic acids is 3. The molecule has 0 fully saturated rings. The lowest BCUT2D eigenvalue weighted by Gasteiger charge is -2.16. The van der Waals surface area contributed by atoms with Gasteiger partial charge in [0.2, 0.25) is 5.78 Å². The number of aromatic nitrogens is 2. The van der Waals surface area contributed by atoms with Gasteiger partial charge in [0.25, 0.3) is 11.8 Å². The van der Waals surface area contributed by atoms with Crippen molar-refractivity contribution in [3.05, 3.63) is 70.3 Å². The second kappa shape index (κ2) is 8.73. The molecular weight excluding hydrogens is 400 g/mol. The molecule has 3 aromatic rings. The highest BCUT2D eigenvalue weighted by atomic mass is 35.5. The van der Waals surface area contributed by atoms with Crippen LogP contribution in [0.2, 0.25) is 5.15 Å². The SMILES string of the molecule is NC(=O)C(=O)C(Cc1ccccc1)NC(=O)c1snc(Cl)c1-c1ccccn1. The van der Waals surface area contributed by atoms with Gasteiger partial charge in [0.1, 0.15) is 10.9 Å². The van der Waals surface area contributed by atoms with Crippen LogP contribution in [0.15, 0.2) is 54.7 Å². The maximum absolute atomic E-state index is 12.8. The van der Waals surface area contributed by atoms with E-state index in [4.69, 9.17) is 17.3 Å². The second-order valence-corrected chi connectivity index (χ2v) is 6.97. The molecular formula is C19H15ClN4O3S. The fraction of sp³-hybridized carbons (Fsp3) is 0.105. The summed E-state index contributed by atoms with van der Waals surface area (Å²) in [4.78, 5) is 40.9. The molecule has 28 heavy (non-hydrogen) atoms. The summed E-state index contributed by atoms with van der Waals surface area (Å²) in [5, 5.41) is 2.72. The van der Waals surface area contributed by atoms with Gasteiger partial charge in [-0.15, -0.1) is 0 Å². The Kier molecular flexibility index (Phi) is 6.13. The third kappa shape index (κ3) is 4.41. The number of ketones is 1. The predicted octanol–water partition coefficient (Wildman–Crippen LogP) is 2.25. The van der Waals surface area contributed by atoms with Crippen LogP contribution < -0.4 is 11.1 Å². The molecule has 0 aliphatic heterocycles. The van der Waals surface area contributed by atoms with Crippen LogP contribution in [-0.2, 0) is 16.0 Å². The van der Waals surface area contributed by atoms with Gasteiger partial charge in [0.15, 0.2) is 5.15 Å². The zero-order valence-electron chi connectivity index (χ0n) is 14.5. The number of halogens is 1. The van der Waals surface area contributed by atoms with Gasteiger partial charge in [-0.05, 0) is 29.2 Å². The number of pyridine rings is 1. The number of nitrogens with two attached hydrogens (primary N) is 1. The molecule has 1 atom stereocenters. The minimum Gasteiger partial charge on any atom is -0.363 e. The number of carbonyl (C=O) groups is 3. The molecule has 7 nitrogen and oxygen atoms in total. The molecule has 2 amide bonds. The van der Waals surface area contributed by atoms with E-state index in [9.17, 15) is 14.4 Å². The van der Waals surface area contributed by atoms with Crippen LogP contribution in [-0.4, -0.2) is 33.0 Å². The third-order valence-electron chi connectivity index (χ3n) is 3.93. The van der Waals surface area contributed by atoms with Crippen molar-refractivity contribution in [3.63, 3.8) is 0 Å². The molecule has 0 spiro atoms. The summed E-state index contributed by atoms with van der Waals surface area (Å²) < 4.78 is 4.01. The first-order valence-electron chi connectivity index (χ1n) is 8.22. The number of hydrogen-bond acceptors (Lipinski definition) is 6. The summed E-state index contributed by atoms with van der Waals surface area (Å²) in [5.74, 6) is -2.58. The lowest BCUT2D eigenvalue weighted by atomic mass is 10.0. The molecule has 3 N–H and O–H groups in total. The summed E-state index contributed by atoms with van der Waals surface area (Å²) in [7, 11) is 0. The first-order chi connectivity index (χ1) is 13.5. The third-order valence-corrected chi connectivity index (χ3v) is 5.14. The van der Waals surface area contributed by atoms with Crippen LogP contribution in [0.1, 0.15) is 15.2 Å². The van der Waals surface area contributed by atoms with Crippen molar-refractivity contribution in [2.24, 2.45) is 5.73 Å². The number of amides is 2. The minimum atomic E-state index is -1.12. The molecule has 142 valence electrons. The normalized spacial score (nSPS) is 11.6. The smallest absolute Gasteiger partial charge is 0.287 e. The highest BCUT2D eigenvalue weighted by Crippen LogP contribution is 2.32. The van der Waals surface area contributed by atoms with Gasteiger partial charge in [-0.1, -0.05) is 48.0 Å². The fourth-order valence-corrected chi connectivity index (χ4v) is 3.66. The Morgan fingerprint density at radius 2 is 1.82 bits per heavy atom. The van der Waals surface area contributed by atoms with Gasteiger partial charge >= 0.3 is 0 Å². The summed E-state index contributed by atoms with van der Waals surface area (Å²) in [6.45, 7) is 0. The Balaban J connectivity index is 1.89. The summed E-state index contributed by atoms with van der Waals surface area (Å²) in [6.07, 6.45) is 1.69. The lowest BCUT2D eigenvalue weighted by molar-refractivity contribution is -0.137. The fourth-order valence-electron chi connectivity index (χ4n) is 2.61. The number of nitrogens with one attached hydrogen (secondary N) is 1. The summed E-state index contributed by atoms with van der Waals surface area (Å²) in [6, 6.07) is 13.1. The Bertz CT molecular complexity index is 1010. The van der Waals surface area contributed by atoms with Gasteiger partial charge in [0.05, 0.1) is 11.3 Å². The zero-order chi connectivity index (χ0) is 20.1. The van der Waals surface area contributed by atoms with Gasteiger partial charge in [-0.25, -0.2) is 0 Å². The van der Waals surface area contributed by atoms with Gasteiger partial charge in [0, 0.05) is 12.6 Å². The molecule has 0 aliphatic rings. The number of nitrogens with zero attached hydrogens (tertiary/aromatic N) is 2. The molecule has 0 aliphatic carbocycles. The first-order valence-corrected chi connectivity index (χ1v) is 9.37. The van der Waals surface area contributed by atoms with Gasteiger partial charge in [-0.2, -0.15) is 4.37 Å². The van der Waals surface area contributed by atoms with E-state index in [-0.39, 0.29) is 16.5 Å².